The molecule has 5 heteroatoms. The van der Waals surface area contributed by atoms with Gasteiger partial charge in [0, 0.05) is 18.3 Å². The standard InChI is InChI=1S/C13H16FN3.ClH/c1-2-15-8-10-17-9-7-13(16-17)11-3-5-12(14)6-4-11;/h3-7,9,15H,2,8,10H2,1H3;1H. The van der Waals surface area contributed by atoms with Crippen molar-refractivity contribution < 1.29 is 4.39 Å². The van der Waals surface area contributed by atoms with Crippen LogP contribution in [0.5, 0.6) is 0 Å². The molecule has 1 heterocycles. The molecule has 0 atom stereocenters. The van der Waals surface area contributed by atoms with Gasteiger partial charge in [-0.1, -0.05) is 6.92 Å². The van der Waals surface area contributed by atoms with Crippen LogP contribution in [-0.4, -0.2) is 22.9 Å². The fourth-order valence-corrected chi connectivity index (χ4v) is 1.63. The third kappa shape index (κ3) is 3.82. The summed E-state index contributed by atoms with van der Waals surface area (Å²) in [5.41, 5.74) is 1.81. The first-order valence-electron chi connectivity index (χ1n) is 5.79. The molecule has 18 heavy (non-hydrogen) atoms. The zero-order valence-electron chi connectivity index (χ0n) is 10.3. The highest BCUT2D eigenvalue weighted by Gasteiger charge is 2.02. The number of rotatable bonds is 5. The molecule has 0 unspecified atom stereocenters. The maximum atomic E-state index is 12.8. The first-order chi connectivity index (χ1) is 8.29. The highest BCUT2D eigenvalue weighted by Crippen LogP contribution is 2.16. The van der Waals surface area contributed by atoms with Crippen LogP contribution in [-0.2, 0) is 6.54 Å². The SMILES string of the molecule is CCNCCn1ccc(-c2ccc(F)cc2)n1.Cl. The first-order valence-corrected chi connectivity index (χ1v) is 5.79. The number of likely N-dealkylation sites (N-methyl/N-ethyl adjacent to an activating group) is 1. The van der Waals surface area contributed by atoms with E-state index in [0.717, 1.165) is 30.9 Å². The average molecular weight is 270 g/mol. The van der Waals surface area contributed by atoms with Gasteiger partial charge in [0.05, 0.1) is 12.2 Å². The predicted molar refractivity (Wildman–Crippen MR) is 73.4 cm³/mol. The van der Waals surface area contributed by atoms with Crippen molar-refractivity contribution in [1.29, 1.82) is 0 Å². The molecule has 0 bridgehead atoms. The molecule has 0 amide bonds. The third-order valence-corrected chi connectivity index (χ3v) is 2.55. The van der Waals surface area contributed by atoms with Gasteiger partial charge in [-0.25, -0.2) is 4.39 Å². The largest absolute Gasteiger partial charge is 0.315 e. The summed E-state index contributed by atoms with van der Waals surface area (Å²) >= 11 is 0. The van der Waals surface area contributed by atoms with Gasteiger partial charge in [0.15, 0.2) is 0 Å². The van der Waals surface area contributed by atoms with E-state index < -0.39 is 0 Å². The molecule has 0 fully saturated rings. The molecule has 0 saturated heterocycles. The summed E-state index contributed by atoms with van der Waals surface area (Å²) < 4.78 is 14.7. The number of aromatic nitrogens is 2. The quantitative estimate of drug-likeness (QED) is 0.846. The number of nitrogens with zero attached hydrogens (tertiary/aromatic N) is 2. The minimum absolute atomic E-state index is 0. The molecule has 0 saturated carbocycles. The second kappa shape index (κ2) is 7.13. The van der Waals surface area contributed by atoms with E-state index in [-0.39, 0.29) is 18.2 Å². The van der Waals surface area contributed by atoms with Crippen LogP contribution < -0.4 is 5.32 Å². The summed E-state index contributed by atoms with van der Waals surface area (Å²) in [6.07, 6.45) is 1.94. The molecule has 1 N–H and O–H groups in total. The van der Waals surface area contributed by atoms with Crippen LogP contribution in [0.1, 0.15) is 6.92 Å². The fourth-order valence-electron chi connectivity index (χ4n) is 1.63. The Bertz CT molecular complexity index is 467. The van der Waals surface area contributed by atoms with Crippen molar-refractivity contribution in [1.82, 2.24) is 15.1 Å². The number of hydrogen-bond donors (Lipinski definition) is 1. The van der Waals surface area contributed by atoms with Gasteiger partial charge in [-0.05, 0) is 36.9 Å². The Hall–Kier alpha value is -1.39. The molecule has 0 aliphatic rings. The molecule has 0 spiro atoms. The Morgan fingerprint density at radius 3 is 2.61 bits per heavy atom. The van der Waals surface area contributed by atoms with Crippen LogP contribution in [0.2, 0.25) is 0 Å². The van der Waals surface area contributed by atoms with Crippen molar-refractivity contribution in [3.63, 3.8) is 0 Å². The molecule has 2 rings (SSSR count). The Labute approximate surface area is 112 Å². The Morgan fingerprint density at radius 2 is 1.94 bits per heavy atom. The van der Waals surface area contributed by atoms with Crippen molar-refractivity contribution in [3.8, 4) is 11.3 Å². The lowest BCUT2D eigenvalue weighted by Crippen LogP contribution is -2.19. The smallest absolute Gasteiger partial charge is 0.123 e. The van der Waals surface area contributed by atoms with Crippen LogP contribution in [0.3, 0.4) is 0 Å². The number of benzene rings is 1. The molecular formula is C13H17ClFN3. The highest BCUT2D eigenvalue weighted by molar-refractivity contribution is 5.85. The molecule has 1 aromatic carbocycles. The molecule has 2 aromatic rings. The number of hydrogen-bond acceptors (Lipinski definition) is 2. The fraction of sp³-hybridized carbons (Fsp3) is 0.308. The second-order valence-electron chi connectivity index (χ2n) is 3.82. The molecule has 0 aliphatic heterocycles. The van der Waals surface area contributed by atoms with Crippen molar-refractivity contribution in [3.05, 3.63) is 42.3 Å². The zero-order valence-corrected chi connectivity index (χ0v) is 11.1. The van der Waals surface area contributed by atoms with Gasteiger partial charge in [-0.15, -0.1) is 12.4 Å². The Morgan fingerprint density at radius 1 is 1.22 bits per heavy atom. The van der Waals surface area contributed by atoms with E-state index in [0.29, 0.717) is 0 Å². The summed E-state index contributed by atoms with van der Waals surface area (Å²) in [4.78, 5) is 0. The van der Waals surface area contributed by atoms with E-state index >= 15 is 0 Å². The van der Waals surface area contributed by atoms with Crippen LogP contribution in [0.15, 0.2) is 36.5 Å². The molecule has 3 nitrogen and oxygen atoms in total. The van der Waals surface area contributed by atoms with Gasteiger partial charge in [0.1, 0.15) is 5.82 Å². The van der Waals surface area contributed by atoms with Gasteiger partial charge in [-0.2, -0.15) is 5.10 Å². The minimum atomic E-state index is -0.222. The summed E-state index contributed by atoms with van der Waals surface area (Å²) in [7, 11) is 0. The lowest BCUT2D eigenvalue weighted by Gasteiger charge is -2.01. The van der Waals surface area contributed by atoms with Crippen molar-refractivity contribution in [2.45, 2.75) is 13.5 Å². The monoisotopic (exact) mass is 269 g/mol. The molecule has 1 aromatic heterocycles. The van der Waals surface area contributed by atoms with Crippen molar-refractivity contribution in [2.75, 3.05) is 13.1 Å². The van der Waals surface area contributed by atoms with E-state index in [2.05, 4.69) is 17.3 Å². The van der Waals surface area contributed by atoms with Crippen molar-refractivity contribution in [2.24, 2.45) is 0 Å². The lowest BCUT2D eigenvalue weighted by atomic mass is 10.1. The summed E-state index contributed by atoms with van der Waals surface area (Å²) in [5, 5.41) is 7.68. The number of halogens is 2. The number of nitrogens with one attached hydrogen (secondary N) is 1. The van der Waals surface area contributed by atoms with E-state index in [1.54, 1.807) is 12.1 Å². The van der Waals surface area contributed by atoms with Gasteiger partial charge in [0.25, 0.3) is 0 Å². The second-order valence-corrected chi connectivity index (χ2v) is 3.82. The van der Waals surface area contributed by atoms with E-state index in [1.165, 1.54) is 12.1 Å². The van der Waals surface area contributed by atoms with Crippen LogP contribution >= 0.6 is 12.4 Å². The van der Waals surface area contributed by atoms with Gasteiger partial charge >= 0.3 is 0 Å². The van der Waals surface area contributed by atoms with Crippen LogP contribution in [0.4, 0.5) is 4.39 Å². The first kappa shape index (κ1) is 14.7. The topological polar surface area (TPSA) is 29.9 Å². The molecule has 0 radical (unpaired) electrons. The Kier molecular flexibility index (Phi) is 5.82. The summed E-state index contributed by atoms with van der Waals surface area (Å²) in [6, 6.07) is 8.33. The van der Waals surface area contributed by atoms with Crippen LogP contribution in [0, 0.1) is 5.82 Å². The summed E-state index contributed by atoms with van der Waals surface area (Å²) in [5.74, 6) is -0.222. The summed E-state index contributed by atoms with van der Waals surface area (Å²) in [6.45, 7) is 4.79. The maximum Gasteiger partial charge on any atom is 0.123 e. The normalized spacial score (nSPS) is 10.1. The van der Waals surface area contributed by atoms with E-state index in [4.69, 9.17) is 0 Å². The molecule has 98 valence electrons. The predicted octanol–water partition coefficient (Wildman–Crippen LogP) is 2.72. The zero-order chi connectivity index (χ0) is 12.1. The van der Waals surface area contributed by atoms with Crippen molar-refractivity contribution >= 4 is 12.4 Å². The Balaban J connectivity index is 0.00000162. The minimum Gasteiger partial charge on any atom is -0.315 e. The van der Waals surface area contributed by atoms with Gasteiger partial charge < -0.3 is 5.32 Å². The van der Waals surface area contributed by atoms with Gasteiger partial charge in [0.2, 0.25) is 0 Å². The van der Waals surface area contributed by atoms with E-state index in [1.807, 2.05) is 16.9 Å². The molecule has 0 aliphatic carbocycles. The third-order valence-electron chi connectivity index (χ3n) is 2.55. The van der Waals surface area contributed by atoms with Gasteiger partial charge in [-0.3, -0.25) is 4.68 Å². The average Bonchev–Trinajstić information content (AvgIpc) is 2.79. The highest BCUT2D eigenvalue weighted by atomic mass is 35.5. The molecular weight excluding hydrogens is 253 g/mol. The maximum absolute atomic E-state index is 12.8. The van der Waals surface area contributed by atoms with Crippen LogP contribution in [0.25, 0.3) is 11.3 Å². The van der Waals surface area contributed by atoms with E-state index in [9.17, 15) is 4.39 Å². The lowest BCUT2D eigenvalue weighted by molar-refractivity contribution is 0.566.